The van der Waals surface area contributed by atoms with Crippen molar-refractivity contribution in [3.8, 4) is 5.75 Å². The third kappa shape index (κ3) is 5.14. The van der Waals surface area contributed by atoms with Crippen molar-refractivity contribution in [2.24, 2.45) is 0 Å². The third-order valence-corrected chi connectivity index (χ3v) is 3.83. The van der Waals surface area contributed by atoms with Gasteiger partial charge in [-0.25, -0.2) is 4.79 Å². The summed E-state index contributed by atoms with van der Waals surface area (Å²) in [4.78, 5) is 11.7. The molecule has 0 heterocycles. The molecule has 0 atom stereocenters. The minimum atomic E-state index is -0.988. The summed E-state index contributed by atoms with van der Waals surface area (Å²) in [5.41, 5.74) is 1.51. The van der Waals surface area contributed by atoms with Gasteiger partial charge in [-0.2, -0.15) is 0 Å². The van der Waals surface area contributed by atoms with Crippen LogP contribution in [0.5, 0.6) is 5.75 Å². The molecule has 2 aromatic rings. The average Bonchev–Trinajstić information content (AvgIpc) is 2.58. The van der Waals surface area contributed by atoms with Gasteiger partial charge < -0.3 is 9.84 Å². The Bertz CT molecular complexity index is 708. The van der Waals surface area contributed by atoms with E-state index in [0.717, 1.165) is 19.3 Å². The van der Waals surface area contributed by atoms with Crippen molar-refractivity contribution >= 4 is 29.2 Å². The second kappa shape index (κ2) is 9.14. The molecule has 0 aliphatic rings. The minimum absolute atomic E-state index is 0.205. The van der Waals surface area contributed by atoms with Crippen LogP contribution in [0.4, 0.5) is 0 Å². The molecule has 0 fully saturated rings. The predicted molar refractivity (Wildman–Crippen MR) is 98.4 cm³/mol. The summed E-state index contributed by atoms with van der Waals surface area (Å²) in [6, 6.07) is 14.3. The quantitative estimate of drug-likeness (QED) is 0.389. The molecule has 0 spiro atoms. The molecular formula is C20H21ClO3. The number of hydrogen-bond donors (Lipinski definition) is 1. The van der Waals surface area contributed by atoms with Crippen molar-refractivity contribution < 1.29 is 14.6 Å². The van der Waals surface area contributed by atoms with Crippen LogP contribution in [0.3, 0.4) is 0 Å². The minimum Gasteiger partial charge on any atom is -0.493 e. The van der Waals surface area contributed by atoms with Gasteiger partial charge in [0.1, 0.15) is 5.75 Å². The molecule has 2 rings (SSSR count). The maximum atomic E-state index is 11.7. The molecule has 0 bridgehead atoms. The molecular weight excluding hydrogens is 324 g/mol. The molecule has 0 radical (unpaired) electrons. The first-order valence-corrected chi connectivity index (χ1v) is 8.42. The summed E-state index contributed by atoms with van der Waals surface area (Å²) in [5.74, 6) is -0.344. The first-order chi connectivity index (χ1) is 11.6. The van der Waals surface area contributed by atoms with E-state index in [9.17, 15) is 9.90 Å². The molecule has 126 valence electrons. The normalized spacial score (nSPS) is 11.3. The summed E-state index contributed by atoms with van der Waals surface area (Å²) >= 11 is 6.08. The smallest absolute Gasteiger partial charge is 0.336 e. The highest BCUT2D eigenvalue weighted by molar-refractivity contribution is 6.31. The highest BCUT2D eigenvalue weighted by Gasteiger charge is 2.12. The van der Waals surface area contributed by atoms with Crippen molar-refractivity contribution in [3.05, 3.63) is 64.7 Å². The van der Waals surface area contributed by atoms with Gasteiger partial charge in [0.25, 0.3) is 0 Å². The van der Waals surface area contributed by atoms with E-state index in [0.29, 0.717) is 28.5 Å². The van der Waals surface area contributed by atoms with Crippen LogP contribution in [0.25, 0.3) is 11.6 Å². The molecule has 1 N–H and O–H groups in total. The Morgan fingerprint density at radius 1 is 1.17 bits per heavy atom. The fraction of sp³-hybridized carbons (Fsp3) is 0.250. The zero-order valence-electron chi connectivity index (χ0n) is 13.7. The largest absolute Gasteiger partial charge is 0.493 e. The standard InChI is InChI=1S/C20H21ClO3/c1-2-3-7-12-24-19-11-10-17(21)13-16(19)14-18(20(22)23)15-8-5-4-6-9-15/h4-6,8-11,13-14H,2-3,7,12H2,1H3,(H,22,23)/b18-14-. The monoisotopic (exact) mass is 344 g/mol. The lowest BCUT2D eigenvalue weighted by molar-refractivity contribution is -0.130. The molecule has 0 saturated heterocycles. The zero-order valence-corrected chi connectivity index (χ0v) is 14.4. The summed E-state index contributed by atoms with van der Waals surface area (Å²) in [6.07, 6.45) is 4.79. The van der Waals surface area contributed by atoms with E-state index in [2.05, 4.69) is 6.92 Å². The highest BCUT2D eigenvalue weighted by atomic mass is 35.5. The third-order valence-electron chi connectivity index (χ3n) is 3.59. The van der Waals surface area contributed by atoms with Crippen LogP contribution >= 0.6 is 11.6 Å². The lowest BCUT2D eigenvalue weighted by Crippen LogP contribution is -2.01. The van der Waals surface area contributed by atoms with Gasteiger partial charge >= 0.3 is 5.97 Å². The number of carbonyl (C=O) groups is 1. The van der Waals surface area contributed by atoms with E-state index < -0.39 is 5.97 Å². The van der Waals surface area contributed by atoms with Crippen LogP contribution in [0.2, 0.25) is 5.02 Å². The molecule has 3 nitrogen and oxygen atoms in total. The zero-order chi connectivity index (χ0) is 17.4. The second-order valence-electron chi connectivity index (χ2n) is 5.47. The molecule has 0 saturated carbocycles. The SMILES string of the molecule is CCCCCOc1ccc(Cl)cc1/C=C(\C(=O)O)c1ccccc1. The number of carboxylic acids is 1. The van der Waals surface area contributed by atoms with E-state index in [1.807, 2.05) is 18.2 Å². The number of rotatable bonds is 8. The molecule has 24 heavy (non-hydrogen) atoms. The Morgan fingerprint density at radius 2 is 1.92 bits per heavy atom. The van der Waals surface area contributed by atoms with Gasteiger partial charge in [-0.15, -0.1) is 0 Å². The van der Waals surface area contributed by atoms with Crippen molar-refractivity contribution in [2.45, 2.75) is 26.2 Å². The van der Waals surface area contributed by atoms with Gasteiger partial charge in [-0.1, -0.05) is 61.7 Å². The lowest BCUT2D eigenvalue weighted by Gasteiger charge is -2.11. The predicted octanol–water partition coefficient (Wildman–Crippen LogP) is 5.53. The van der Waals surface area contributed by atoms with E-state index in [4.69, 9.17) is 16.3 Å². The second-order valence-corrected chi connectivity index (χ2v) is 5.90. The number of unbranched alkanes of at least 4 members (excludes halogenated alkanes) is 2. The highest BCUT2D eigenvalue weighted by Crippen LogP contribution is 2.28. The number of carboxylic acid groups (broad SMARTS) is 1. The van der Waals surface area contributed by atoms with Gasteiger partial charge in [0.05, 0.1) is 12.2 Å². The van der Waals surface area contributed by atoms with E-state index >= 15 is 0 Å². The van der Waals surface area contributed by atoms with Gasteiger partial charge in [0.2, 0.25) is 0 Å². The fourth-order valence-electron chi connectivity index (χ4n) is 2.34. The summed E-state index contributed by atoms with van der Waals surface area (Å²) in [7, 11) is 0. The number of halogens is 1. The molecule has 0 amide bonds. The Kier molecular flexibility index (Phi) is 6.89. The summed E-state index contributed by atoms with van der Waals surface area (Å²) in [5, 5.41) is 10.1. The topological polar surface area (TPSA) is 46.5 Å². The van der Waals surface area contributed by atoms with Gasteiger partial charge in [0.15, 0.2) is 0 Å². The van der Waals surface area contributed by atoms with Crippen LogP contribution in [0, 0.1) is 0 Å². The summed E-state index contributed by atoms with van der Waals surface area (Å²) in [6.45, 7) is 2.74. The molecule has 0 aliphatic heterocycles. The van der Waals surface area contributed by atoms with Crippen molar-refractivity contribution in [3.63, 3.8) is 0 Å². The molecule has 2 aromatic carbocycles. The van der Waals surface area contributed by atoms with Crippen molar-refractivity contribution in [1.29, 1.82) is 0 Å². The van der Waals surface area contributed by atoms with Gasteiger partial charge in [-0.3, -0.25) is 0 Å². The molecule has 0 unspecified atom stereocenters. The number of benzene rings is 2. The molecule has 4 heteroatoms. The van der Waals surface area contributed by atoms with Crippen LogP contribution in [-0.2, 0) is 4.79 Å². The molecule has 0 aromatic heterocycles. The van der Waals surface area contributed by atoms with Crippen LogP contribution < -0.4 is 4.74 Å². The number of ether oxygens (including phenoxy) is 1. The van der Waals surface area contributed by atoms with E-state index in [1.54, 1.807) is 36.4 Å². The maximum Gasteiger partial charge on any atom is 0.336 e. The van der Waals surface area contributed by atoms with Crippen LogP contribution in [0.1, 0.15) is 37.3 Å². The van der Waals surface area contributed by atoms with Crippen molar-refractivity contribution in [1.82, 2.24) is 0 Å². The Morgan fingerprint density at radius 3 is 2.58 bits per heavy atom. The Balaban J connectivity index is 2.34. The Labute approximate surface area is 147 Å². The Hall–Kier alpha value is -2.26. The number of hydrogen-bond acceptors (Lipinski definition) is 2. The molecule has 0 aliphatic carbocycles. The fourth-order valence-corrected chi connectivity index (χ4v) is 2.52. The van der Waals surface area contributed by atoms with Crippen LogP contribution in [-0.4, -0.2) is 17.7 Å². The lowest BCUT2D eigenvalue weighted by atomic mass is 10.0. The average molecular weight is 345 g/mol. The summed E-state index contributed by atoms with van der Waals surface area (Å²) < 4.78 is 5.81. The van der Waals surface area contributed by atoms with E-state index in [-0.39, 0.29) is 5.57 Å². The number of aliphatic carboxylic acids is 1. The maximum absolute atomic E-state index is 11.7. The van der Waals surface area contributed by atoms with Gasteiger partial charge in [-0.05, 0) is 36.3 Å². The first-order valence-electron chi connectivity index (χ1n) is 8.04. The van der Waals surface area contributed by atoms with Gasteiger partial charge in [0, 0.05) is 10.6 Å². The van der Waals surface area contributed by atoms with Crippen LogP contribution in [0.15, 0.2) is 48.5 Å². The van der Waals surface area contributed by atoms with E-state index in [1.165, 1.54) is 0 Å². The first kappa shape index (κ1) is 18.1. The van der Waals surface area contributed by atoms with Crippen molar-refractivity contribution in [2.75, 3.05) is 6.61 Å².